The highest BCUT2D eigenvalue weighted by molar-refractivity contribution is 6.03. The lowest BCUT2D eigenvalue weighted by molar-refractivity contribution is 0.102. The van der Waals surface area contributed by atoms with E-state index in [1.165, 1.54) is 5.56 Å². The fourth-order valence-corrected chi connectivity index (χ4v) is 3.15. The average molecular weight is 387 g/mol. The van der Waals surface area contributed by atoms with Crippen LogP contribution in [0.1, 0.15) is 28.7 Å². The molecule has 29 heavy (non-hydrogen) atoms. The lowest BCUT2D eigenvalue weighted by atomic mass is 10.1. The first-order chi connectivity index (χ1) is 14.1. The van der Waals surface area contributed by atoms with Gasteiger partial charge >= 0.3 is 0 Å². The number of anilines is 1. The molecule has 0 bridgehead atoms. The highest BCUT2D eigenvalue weighted by atomic mass is 16.5. The van der Waals surface area contributed by atoms with E-state index < -0.39 is 0 Å². The smallest absolute Gasteiger partial charge is 0.278 e. The molecule has 0 saturated heterocycles. The number of aryl methyl sites for hydroxylation is 2. The third-order valence-corrected chi connectivity index (χ3v) is 4.89. The van der Waals surface area contributed by atoms with Crippen molar-refractivity contribution >= 4 is 17.2 Å². The molecule has 0 radical (unpaired) electrons. The SMILES string of the molecule is CCc1ccc(NC(=O)c2nnc3c(-c4ccc(OC)cc4)cnn3c2C)cc1. The third kappa shape index (κ3) is 3.54. The number of carbonyl (C=O) groups is 1. The Bertz CT molecular complexity index is 1160. The van der Waals surface area contributed by atoms with Gasteiger partial charge < -0.3 is 10.1 Å². The molecule has 146 valence electrons. The maximum absolute atomic E-state index is 12.7. The summed E-state index contributed by atoms with van der Waals surface area (Å²) in [5, 5.41) is 15.7. The molecule has 0 atom stereocenters. The van der Waals surface area contributed by atoms with Gasteiger partial charge in [-0.3, -0.25) is 4.79 Å². The van der Waals surface area contributed by atoms with E-state index in [0.29, 0.717) is 17.0 Å². The zero-order valence-corrected chi connectivity index (χ0v) is 16.5. The van der Waals surface area contributed by atoms with E-state index in [2.05, 4.69) is 27.5 Å². The zero-order valence-electron chi connectivity index (χ0n) is 16.5. The number of rotatable bonds is 5. The molecule has 0 aliphatic rings. The van der Waals surface area contributed by atoms with Crippen molar-refractivity contribution in [3.05, 3.63) is 71.7 Å². The van der Waals surface area contributed by atoms with Gasteiger partial charge in [0.1, 0.15) is 5.75 Å². The van der Waals surface area contributed by atoms with Crippen molar-refractivity contribution in [2.45, 2.75) is 20.3 Å². The summed E-state index contributed by atoms with van der Waals surface area (Å²) in [4.78, 5) is 12.7. The number of carbonyl (C=O) groups excluding carboxylic acids is 1. The summed E-state index contributed by atoms with van der Waals surface area (Å²) in [5.74, 6) is 0.459. The van der Waals surface area contributed by atoms with E-state index in [0.717, 1.165) is 23.3 Å². The minimum Gasteiger partial charge on any atom is -0.497 e. The van der Waals surface area contributed by atoms with Crippen LogP contribution in [0.25, 0.3) is 16.8 Å². The van der Waals surface area contributed by atoms with Crippen LogP contribution in [0.4, 0.5) is 5.69 Å². The number of methoxy groups -OCH3 is 1. The first kappa shape index (κ1) is 18.6. The number of nitrogens with zero attached hydrogens (tertiary/aromatic N) is 4. The summed E-state index contributed by atoms with van der Waals surface area (Å²) < 4.78 is 6.84. The molecule has 2 aromatic heterocycles. The van der Waals surface area contributed by atoms with Crippen LogP contribution in [0.2, 0.25) is 0 Å². The Morgan fingerprint density at radius 2 is 1.79 bits per heavy atom. The molecule has 0 saturated carbocycles. The summed E-state index contributed by atoms with van der Waals surface area (Å²) in [6.45, 7) is 3.90. The summed E-state index contributed by atoms with van der Waals surface area (Å²) >= 11 is 0. The Morgan fingerprint density at radius 3 is 2.45 bits per heavy atom. The first-order valence-corrected chi connectivity index (χ1v) is 9.36. The Morgan fingerprint density at radius 1 is 1.07 bits per heavy atom. The highest BCUT2D eigenvalue weighted by Crippen LogP contribution is 2.26. The maximum Gasteiger partial charge on any atom is 0.278 e. The molecule has 7 nitrogen and oxygen atoms in total. The minimum absolute atomic E-state index is 0.237. The standard InChI is InChI=1S/C22H21N5O2/c1-4-15-5-9-17(10-6-15)24-22(28)20-14(2)27-21(26-25-20)19(13-23-27)16-7-11-18(29-3)12-8-16/h5-13H,4H2,1-3H3,(H,24,28). The van der Waals surface area contributed by atoms with Crippen molar-refractivity contribution in [2.24, 2.45) is 0 Å². The number of nitrogens with one attached hydrogen (secondary N) is 1. The predicted molar refractivity (Wildman–Crippen MR) is 111 cm³/mol. The van der Waals surface area contributed by atoms with Crippen LogP contribution in [0.5, 0.6) is 5.75 Å². The normalized spacial score (nSPS) is 10.9. The number of ether oxygens (including phenoxy) is 1. The topological polar surface area (TPSA) is 81.4 Å². The highest BCUT2D eigenvalue weighted by Gasteiger charge is 2.18. The van der Waals surface area contributed by atoms with E-state index in [4.69, 9.17) is 4.74 Å². The lowest BCUT2D eigenvalue weighted by Gasteiger charge is -2.08. The second kappa shape index (κ2) is 7.71. The van der Waals surface area contributed by atoms with Gasteiger partial charge in [0.15, 0.2) is 11.3 Å². The fourth-order valence-electron chi connectivity index (χ4n) is 3.15. The van der Waals surface area contributed by atoms with Crippen LogP contribution < -0.4 is 10.1 Å². The Labute approximate surface area is 168 Å². The van der Waals surface area contributed by atoms with Gasteiger partial charge in [0, 0.05) is 11.3 Å². The van der Waals surface area contributed by atoms with Gasteiger partial charge in [-0.15, -0.1) is 10.2 Å². The van der Waals surface area contributed by atoms with Crippen molar-refractivity contribution < 1.29 is 9.53 Å². The van der Waals surface area contributed by atoms with Gasteiger partial charge in [-0.1, -0.05) is 31.2 Å². The molecule has 0 aliphatic carbocycles. The molecule has 4 aromatic rings. The van der Waals surface area contributed by atoms with Gasteiger partial charge in [-0.05, 0) is 48.7 Å². The van der Waals surface area contributed by atoms with E-state index in [1.807, 2.05) is 55.5 Å². The number of hydrogen-bond acceptors (Lipinski definition) is 5. The Kier molecular flexibility index (Phi) is 4.95. The van der Waals surface area contributed by atoms with Crippen molar-refractivity contribution in [3.63, 3.8) is 0 Å². The minimum atomic E-state index is -0.317. The van der Waals surface area contributed by atoms with Crippen molar-refractivity contribution in [3.8, 4) is 16.9 Å². The van der Waals surface area contributed by atoms with E-state index in [-0.39, 0.29) is 11.6 Å². The van der Waals surface area contributed by atoms with Crippen LogP contribution >= 0.6 is 0 Å². The van der Waals surface area contributed by atoms with E-state index >= 15 is 0 Å². The van der Waals surface area contributed by atoms with Crippen LogP contribution in [0.3, 0.4) is 0 Å². The van der Waals surface area contributed by atoms with Gasteiger partial charge in [0.05, 0.1) is 19.0 Å². The quantitative estimate of drug-likeness (QED) is 0.561. The maximum atomic E-state index is 12.7. The zero-order chi connectivity index (χ0) is 20.4. The molecule has 0 fully saturated rings. The summed E-state index contributed by atoms with van der Waals surface area (Å²) in [6, 6.07) is 15.4. The van der Waals surface area contributed by atoms with Crippen LogP contribution in [0, 0.1) is 6.92 Å². The second-order valence-corrected chi connectivity index (χ2v) is 6.66. The monoisotopic (exact) mass is 387 g/mol. The average Bonchev–Trinajstić information content (AvgIpc) is 3.19. The summed E-state index contributed by atoms with van der Waals surface area (Å²) in [6.07, 6.45) is 2.68. The van der Waals surface area contributed by atoms with Crippen LogP contribution in [0.15, 0.2) is 54.7 Å². The Hall–Kier alpha value is -3.74. The molecule has 4 rings (SSSR count). The number of amides is 1. The van der Waals surface area contributed by atoms with E-state index in [1.54, 1.807) is 17.8 Å². The molecule has 1 N–H and O–H groups in total. The Balaban J connectivity index is 1.64. The van der Waals surface area contributed by atoms with Crippen molar-refractivity contribution in [1.82, 2.24) is 19.8 Å². The number of hydrogen-bond donors (Lipinski definition) is 1. The van der Waals surface area contributed by atoms with E-state index in [9.17, 15) is 4.79 Å². The van der Waals surface area contributed by atoms with Gasteiger partial charge in [-0.25, -0.2) is 4.52 Å². The summed E-state index contributed by atoms with van der Waals surface area (Å²) in [7, 11) is 1.63. The molecule has 2 aromatic carbocycles. The first-order valence-electron chi connectivity index (χ1n) is 9.36. The molecule has 0 aliphatic heterocycles. The van der Waals surface area contributed by atoms with Crippen LogP contribution in [-0.4, -0.2) is 32.8 Å². The molecule has 0 unspecified atom stereocenters. The van der Waals surface area contributed by atoms with Crippen molar-refractivity contribution in [2.75, 3.05) is 12.4 Å². The van der Waals surface area contributed by atoms with Gasteiger partial charge in [0.2, 0.25) is 0 Å². The largest absolute Gasteiger partial charge is 0.497 e. The van der Waals surface area contributed by atoms with Crippen molar-refractivity contribution in [1.29, 1.82) is 0 Å². The number of benzene rings is 2. The molecule has 0 spiro atoms. The number of fused-ring (bicyclic) bond motifs is 1. The molecular weight excluding hydrogens is 366 g/mol. The molecule has 2 heterocycles. The van der Waals surface area contributed by atoms with Crippen LogP contribution in [-0.2, 0) is 6.42 Å². The molecule has 7 heteroatoms. The third-order valence-electron chi connectivity index (χ3n) is 4.89. The second-order valence-electron chi connectivity index (χ2n) is 6.66. The van der Waals surface area contributed by atoms with Gasteiger partial charge in [-0.2, -0.15) is 5.10 Å². The van der Waals surface area contributed by atoms with Gasteiger partial charge in [0.25, 0.3) is 5.91 Å². The molecule has 1 amide bonds. The molecular formula is C22H21N5O2. The number of aromatic nitrogens is 4. The fraction of sp³-hybridized carbons (Fsp3) is 0.182. The summed E-state index contributed by atoms with van der Waals surface area (Å²) in [5.41, 5.74) is 5.17. The lowest BCUT2D eigenvalue weighted by Crippen LogP contribution is -2.18. The predicted octanol–water partition coefficient (Wildman–Crippen LogP) is 3.92.